The summed E-state index contributed by atoms with van der Waals surface area (Å²) in [5.41, 5.74) is 0. The summed E-state index contributed by atoms with van der Waals surface area (Å²) in [5, 5.41) is 9.00. The summed E-state index contributed by atoms with van der Waals surface area (Å²) in [6, 6.07) is -0.192. The number of hydrogen-bond acceptors (Lipinski definition) is 3. The van der Waals surface area contributed by atoms with E-state index in [9.17, 15) is 9.59 Å². The average molecular weight is 302 g/mol. The molecule has 20 heavy (non-hydrogen) atoms. The van der Waals surface area contributed by atoms with E-state index in [1.54, 1.807) is 4.90 Å². The molecule has 1 fully saturated rings. The molecule has 1 unspecified atom stereocenters. The largest absolute Gasteiger partial charge is 0.480 e. The summed E-state index contributed by atoms with van der Waals surface area (Å²) in [5.74, 6) is -0.0525. The van der Waals surface area contributed by atoms with Crippen LogP contribution in [-0.4, -0.2) is 63.1 Å². The second-order valence-electron chi connectivity index (χ2n) is 5.91. The van der Waals surface area contributed by atoms with Crippen LogP contribution in [0, 0.1) is 0 Å². The molecule has 0 aromatic rings. The van der Waals surface area contributed by atoms with Crippen molar-refractivity contribution in [3.63, 3.8) is 0 Å². The zero-order chi connectivity index (χ0) is 15.3. The summed E-state index contributed by atoms with van der Waals surface area (Å²) in [6.45, 7) is 9.42. The van der Waals surface area contributed by atoms with Crippen LogP contribution in [0.2, 0.25) is 0 Å². The quantitative estimate of drug-likeness (QED) is 0.867. The SMILES string of the molecule is CCC(C)N(CC(=O)O)C(=O)N1CCSC(C)(C)CC1. The molecular formula is C14H26N2O3S. The maximum absolute atomic E-state index is 12.6. The number of carboxylic acid groups (broad SMARTS) is 1. The van der Waals surface area contributed by atoms with Crippen molar-refractivity contribution in [3.8, 4) is 0 Å². The van der Waals surface area contributed by atoms with Crippen LogP contribution in [0.4, 0.5) is 4.79 Å². The first kappa shape index (κ1) is 17.1. The van der Waals surface area contributed by atoms with Gasteiger partial charge in [-0.05, 0) is 19.8 Å². The minimum absolute atomic E-state index is 0.0532. The summed E-state index contributed by atoms with van der Waals surface area (Å²) in [6.07, 6.45) is 1.69. The Kier molecular flexibility index (Phi) is 6.17. The van der Waals surface area contributed by atoms with Crippen molar-refractivity contribution in [2.75, 3.05) is 25.4 Å². The summed E-state index contributed by atoms with van der Waals surface area (Å²) in [4.78, 5) is 26.8. The highest BCUT2D eigenvalue weighted by Crippen LogP contribution is 2.31. The highest BCUT2D eigenvalue weighted by atomic mass is 32.2. The number of nitrogens with zero attached hydrogens (tertiary/aromatic N) is 2. The molecule has 0 radical (unpaired) electrons. The molecule has 1 heterocycles. The first-order valence-electron chi connectivity index (χ1n) is 7.18. The zero-order valence-corrected chi connectivity index (χ0v) is 13.7. The smallest absolute Gasteiger partial charge is 0.323 e. The second kappa shape index (κ2) is 7.20. The van der Waals surface area contributed by atoms with E-state index in [0.29, 0.717) is 13.1 Å². The maximum Gasteiger partial charge on any atom is 0.323 e. The Labute approximate surface area is 125 Å². The van der Waals surface area contributed by atoms with Crippen LogP contribution in [0.25, 0.3) is 0 Å². The molecule has 0 aliphatic carbocycles. The van der Waals surface area contributed by atoms with Crippen LogP contribution in [0.1, 0.15) is 40.5 Å². The highest BCUT2D eigenvalue weighted by Gasteiger charge is 2.30. The predicted octanol–water partition coefficient (Wildman–Crippen LogP) is 2.51. The molecule has 0 bridgehead atoms. The molecule has 0 saturated carbocycles. The molecule has 0 spiro atoms. The molecule has 1 saturated heterocycles. The van der Waals surface area contributed by atoms with Gasteiger partial charge in [0.15, 0.2) is 0 Å². The number of carboxylic acids is 1. The monoisotopic (exact) mass is 302 g/mol. The summed E-state index contributed by atoms with van der Waals surface area (Å²) in [7, 11) is 0. The van der Waals surface area contributed by atoms with Gasteiger partial charge in [0.05, 0.1) is 0 Å². The third-order valence-electron chi connectivity index (χ3n) is 3.78. The van der Waals surface area contributed by atoms with Gasteiger partial charge >= 0.3 is 12.0 Å². The predicted molar refractivity (Wildman–Crippen MR) is 82.2 cm³/mol. The highest BCUT2D eigenvalue weighted by molar-refractivity contribution is 8.00. The van der Waals surface area contributed by atoms with Crippen LogP contribution in [0.5, 0.6) is 0 Å². The number of carbonyl (C=O) groups excluding carboxylic acids is 1. The third kappa shape index (κ3) is 4.89. The lowest BCUT2D eigenvalue weighted by atomic mass is 10.1. The van der Waals surface area contributed by atoms with E-state index in [4.69, 9.17) is 5.11 Å². The lowest BCUT2D eigenvalue weighted by molar-refractivity contribution is -0.138. The first-order chi connectivity index (χ1) is 9.26. The molecule has 5 nitrogen and oxygen atoms in total. The van der Waals surface area contributed by atoms with Crippen LogP contribution < -0.4 is 0 Å². The number of hydrogen-bond donors (Lipinski definition) is 1. The van der Waals surface area contributed by atoms with E-state index < -0.39 is 5.97 Å². The van der Waals surface area contributed by atoms with E-state index in [1.807, 2.05) is 25.6 Å². The van der Waals surface area contributed by atoms with Crippen LogP contribution in [0.15, 0.2) is 0 Å². The van der Waals surface area contributed by atoms with Gasteiger partial charge in [-0.3, -0.25) is 4.79 Å². The first-order valence-corrected chi connectivity index (χ1v) is 8.16. The number of aliphatic carboxylic acids is 1. The van der Waals surface area contributed by atoms with E-state index in [1.165, 1.54) is 4.90 Å². The molecule has 1 atom stereocenters. The van der Waals surface area contributed by atoms with Crippen LogP contribution >= 0.6 is 11.8 Å². The van der Waals surface area contributed by atoms with Gasteiger partial charge in [-0.2, -0.15) is 11.8 Å². The molecule has 0 aromatic carbocycles. The number of urea groups is 1. The fourth-order valence-corrected chi connectivity index (χ4v) is 3.27. The number of thioether (sulfide) groups is 1. The topological polar surface area (TPSA) is 60.9 Å². The minimum atomic E-state index is -0.955. The van der Waals surface area contributed by atoms with Gasteiger partial charge in [-0.25, -0.2) is 4.79 Å². The molecule has 6 heteroatoms. The average Bonchev–Trinajstić information content (AvgIpc) is 2.55. The van der Waals surface area contributed by atoms with E-state index in [2.05, 4.69) is 13.8 Å². The van der Waals surface area contributed by atoms with Crippen LogP contribution in [0.3, 0.4) is 0 Å². The van der Waals surface area contributed by atoms with Crippen molar-refractivity contribution in [3.05, 3.63) is 0 Å². The van der Waals surface area contributed by atoms with Crippen molar-refractivity contribution in [2.45, 2.75) is 51.3 Å². The van der Waals surface area contributed by atoms with Gasteiger partial charge in [-0.15, -0.1) is 0 Å². The fourth-order valence-electron chi connectivity index (χ4n) is 2.17. The molecule has 1 N–H and O–H groups in total. The zero-order valence-electron chi connectivity index (χ0n) is 12.9. The Bertz CT molecular complexity index is 360. The summed E-state index contributed by atoms with van der Waals surface area (Å²) < 4.78 is 0.184. The van der Waals surface area contributed by atoms with E-state index in [-0.39, 0.29) is 23.4 Å². The number of amides is 2. The minimum Gasteiger partial charge on any atom is -0.480 e. The van der Waals surface area contributed by atoms with Crippen molar-refractivity contribution in [1.82, 2.24) is 9.80 Å². The maximum atomic E-state index is 12.6. The molecule has 0 aromatic heterocycles. The molecular weight excluding hydrogens is 276 g/mol. The number of rotatable bonds is 4. The van der Waals surface area contributed by atoms with Gasteiger partial charge in [0, 0.05) is 29.6 Å². The molecule has 1 rings (SSSR count). The number of carbonyl (C=O) groups is 2. The van der Waals surface area contributed by atoms with E-state index >= 15 is 0 Å². The van der Waals surface area contributed by atoms with Crippen molar-refractivity contribution in [1.29, 1.82) is 0 Å². The van der Waals surface area contributed by atoms with Crippen molar-refractivity contribution >= 4 is 23.8 Å². The van der Waals surface area contributed by atoms with Crippen molar-refractivity contribution < 1.29 is 14.7 Å². The Morgan fingerprint density at radius 2 is 2.05 bits per heavy atom. The van der Waals surface area contributed by atoms with Gasteiger partial charge in [0.25, 0.3) is 0 Å². The fraction of sp³-hybridized carbons (Fsp3) is 0.857. The van der Waals surface area contributed by atoms with Crippen molar-refractivity contribution in [2.24, 2.45) is 0 Å². The lowest BCUT2D eigenvalue weighted by Gasteiger charge is -2.33. The Hall–Kier alpha value is -0.910. The van der Waals surface area contributed by atoms with E-state index in [0.717, 1.165) is 18.6 Å². The second-order valence-corrected chi connectivity index (χ2v) is 7.71. The lowest BCUT2D eigenvalue weighted by Crippen LogP contribution is -2.49. The van der Waals surface area contributed by atoms with Crippen LogP contribution in [-0.2, 0) is 4.79 Å². The Morgan fingerprint density at radius 1 is 1.40 bits per heavy atom. The molecule has 116 valence electrons. The Morgan fingerprint density at radius 3 is 2.60 bits per heavy atom. The molecule has 1 aliphatic heterocycles. The Balaban J connectivity index is 2.75. The van der Waals surface area contributed by atoms with Gasteiger partial charge < -0.3 is 14.9 Å². The third-order valence-corrected chi connectivity index (χ3v) is 5.15. The standard InChI is InChI=1S/C14H26N2O3S/c1-5-11(2)16(10-12(17)18)13(19)15-7-6-14(3,4)20-9-8-15/h11H,5-10H2,1-4H3,(H,17,18). The molecule has 2 amide bonds. The van der Waals surface area contributed by atoms with Gasteiger partial charge in [0.1, 0.15) is 6.54 Å². The van der Waals surface area contributed by atoms with Gasteiger partial charge in [-0.1, -0.05) is 20.8 Å². The normalized spacial score (nSPS) is 20.1. The molecule has 1 aliphatic rings. The summed E-state index contributed by atoms with van der Waals surface area (Å²) >= 11 is 1.87. The van der Waals surface area contributed by atoms with Gasteiger partial charge in [0.2, 0.25) is 0 Å².